The van der Waals surface area contributed by atoms with Crippen molar-refractivity contribution in [2.75, 3.05) is 60.0 Å². The van der Waals surface area contributed by atoms with Crippen molar-refractivity contribution in [3.63, 3.8) is 0 Å². The van der Waals surface area contributed by atoms with Crippen molar-refractivity contribution in [3.8, 4) is 0 Å². The Hall–Kier alpha value is -1.68. The number of piperazine rings is 1. The van der Waals surface area contributed by atoms with E-state index in [9.17, 15) is 8.42 Å². The van der Waals surface area contributed by atoms with Gasteiger partial charge in [0.05, 0.1) is 11.5 Å². The molecule has 4 rings (SSSR count). The zero-order valence-electron chi connectivity index (χ0n) is 18.7. The molecule has 2 aliphatic heterocycles. The van der Waals surface area contributed by atoms with Gasteiger partial charge in [0.15, 0.2) is 0 Å². The summed E-state index contributed by atoms with van der Waals surface area (Å²) in [5.41, 5.74) is 3.27. The van der Waals surface area contributed by atoms with Crippen LogP contribution in [0, 0.1) is 0 Å². The summed E-state index contributed by atoms with van der Waals surface area (Å²) in [6, 6.07) is 13.8. The highest BCUT2D eigenvalue weighted by molar-refractivity contribution is 7.99. The molecule has 1 N–H and O–H groups in total. The number of sulfonamides is 1. The standard InChI is InChI=1S/C24H31N3O3S2/c1-25(2)32(29,30)19-9-10-24-22(18-19)20(21-6-3-4-8-23(21)31-24)7-5-11-26-12-14-27(15-13-26)16-17-28/h3-4,6-10,18,28H,5,11-17H2,1-2H3/b20-7-. The van der Waals surface area contributed by atoms with Gasteiger partial charge >= 0.3 is 0 Å². The minimum absolute atomic E-state index is 0.217. The van der Waals surface area contributed by atoms with Gasteiger partial charge in [-0.2, -0.15) is 0 Å². The summed E-state index contributed by atoms with van der Waals surface area (Å²) in [5, 5.41) is 9.13. The molecule has 6 nitrogen and oxygen atoms in total. The van der Waals surface area contributed by atoms with Crippen LogP contribution in [0.4, 0.5) is 0 Å². The van der Waals surface area contributed by atoms with E-state index in [4.69, 9.17) is 5.11 Å². The molecule has 0 atom stereocenters. The van der Waals surface area contributed by atoms with Crippen molar-refractivity contribution in [1.82, 2.24) is 14.1 Å². The number of β-amino-alcohol motifs (C(OH)–C–C–N with tert-alkyl or cyclic N) is 1. The maximum Gasteiger partial charge on any atom is 0.242 e. The number of hydrogen-bond acceptors (Lipinski definition) is 6. The summed E-state index contributed by atoms with van der Waals surface area (Å²) in [6.07, 6.45) is 3.17. The number of fused-ring (bicyclic) bond motifs is 2. The molecule has 2 aliphatic rings. The molecule has 1 fully saturated rings. The van der Waals surface area contributed by atoms with Crippen molar-refractivity contribution < 1.29 is 13.5 Å². The van der Waals surface area contributed by atoms with Gasteiger partial charge in [-0.25, -0.2) is 12.7 Å². The molecule has 2 aromatic carbocycles. The van der Waals surface area contributed by atoms with E-state index in [0.29, 0.717) is 4.90 Å². The molecule has 2 aromatic rings. The molecule has 0 unspecified atom stereocenters. The fourth-order valence-corrected chi connectivity index (χ4v) is 6.23. The summed E-state index contributed by atoms with van der Waals surface area (Å²) in [4.78, 5) is 7.37. The lowest BCUT2D eigenvalue weighted by Crippen LogP contribution is -2.47. The van der Waals surface area contributed by atoms with Crippen LogP contribution in [0.25, 0.3) is 5.57 Å². The highest BCUT2D eigenvalue weighted by Crippen LogP contribution is 2.46. The van der Waals surface area contributed by atoms with Crippen molar-refractivity contribution in [3.05, 3.63) is 59.7 Å². The normalized spacial score (nSPS) is 18.7. The molecule has 0 spiro atoms. The van der Waals surface area contributed by atoms with Gasteiger partial charge in [0.1, 0.15) is 0 Å². The second kappa shape index (κ2) is 10.1. The summed E-state index contributed by atoms with van der Waals surface area (Å²) in [6.45, 7) is 5.94. The molecular formula is C24H31N3O3S2. The predicted molar refractivity (Wildman–Crippen MR) is 130 cm³/mol. The second-order valence-electron chi connectivity index (χ2n) is 8.36. The van der Waals surface area contributed by atoms with E-state index in [1.54, 1.807) is 31.9 Å². The molecule has 1 saturated heterocycles. The molecule has 2 heterocycles. The van der Waals surface area contributed by atoms with Crippen LogP contribution in [-0.4, -0.2) is 87.6 Å². The first-order valence-corrected chi connectivity index (χ1v) is 13.3. The molecule has 32 heavy (non-hydrogen) atoms. The number of rotatable bonds is 7. The SMILES string of the molecule is CN(C)S(=O)(=O)c1ccc2c(c1)/C(=C\CCN1CCN(CCO)CC1)c1ccccc1S2. The number of nitrogens with zero attached hydrogens (tertiary/aromatic N) is 3. The van der Waals surface area contributed by atoms with Gasteiger partial charge in [-0.3, -0.25) is 4.90 Å². The third-order valence-electron chi connectivity index (χ3n) is 6.09. The fourth-order valence-electron chi connectivity index (χ4n) is 4.21. The van der Waals surface area contributed by atoms with Crippen molar-refractivity contribution in [2.45, 2.75) is 21.1 Å². The molecule has 8 heteroatoms. The van der Waals surface area contributed by atoms with Crippen LogP contribution in [0.3, 0.4) is 0 Å². The Morgan fingerprint density at radius 3 is 2.31 bits per heavy atom. The molecule has 0 bridgehead atoms. The van der Waals surface area contributed by atoms with Crippen molar-refractivity contribution >= 4 is 27.4 Å². The third kappa shape index (κ3) is 4.95. The lowest BCUT2D eigenvalue weighted by molar-refractivity contribution is 0.114. The Kier molecular flexibility index (Phi) is 7.39. The van der Waals surface area contributed by atoms with Crippen LogP contribution in [0.5, 0.6) is 0 Å². The number of aliphatic hydroxyl groups is 1. The average molecular weight is 474 g/mol. The van der Waals surface area contributed by atoms with Gasteiger partial charge in [0.2, 0.25) is 10.0 Å². The quantitative estimate of drug-likeness (QED) is 0.569. The molecule has 0 saturated carbocycles. The zero-order chi connectivity index (χ0) is 22.7. The first-order valence-electron chi connectivity index (χ1n) is 11.0. The highest BCUT2D eigenvalue weighted by Gasteiger charge is 2.25. The largest absolute Gasteiger partial charge is 0.395 e. The summed E-state index contributed by atoms with van der Waals surface area (Å²) in [5.74, 6) is 0. The maximum absolute atomic E-state index is 12.7. The van der Waals surface area contributed by atoms with Crippen LogP contribution >= 0.6 is 11.8 Å². The van der Waals surface area contributed by atoms with Gasteiger partial charge in [-0.05, 0) is 47.4 Å². The Morgan fingerprint density at radius 1 is 0.969 bits per heavy atom. The first kappa shape index (κ1) is 23.5. The van der Waals surface area contributed by atoms with Gasteiger partial charge < -0.3 is 10.0 Å². The number of hydrogen-bond donors (Lipinski definition) is 1. The smallest absolute Gasteiger partial charge is 0.242 e. The average Bonchev–Trinajstić information content (AvgIpc) is 2.79. The van der Waals surface area contributed by atoms with Crippen LogP contribution in [-0.2, 0) is 10.0 Å². The molecule has 0 aliphatic carbocycles. The van der Waals surface area contributed by atoms with Crippen LogP contribution in [0.15, 0.2) is 63.2 Å². The van der Waals surface area contributed by atoms with E-state index in [2.05, 4.69) is 28.0 Å². The molecule has 172 valence electrons. The van der Waals surface area contributed by atoms with Crippen molar-refractivity contribution in [1.29, 1.82) is 0 Å². The van der Waals surface area contributed by atoms with E-state index in [1.807, 2.05) is 24.3 Å². The minimum atomic E-state index is -3.49. The summed E-state index contributed by atoms with van der Waals surface area (Å²) in [7, 11) is -0.362. The maximum atomic E-state index is 12.7. The molecule has 0 amide bonds. The molecule has 0 radical (unpaired) electrons. The molecular weight excluding hydrogens is 442 g/mol. The van der Waals surface area contributed by atoms with Crippen LogP contribution in [0.2, 0.25) is 0 Å². The topological polar surface area (TPSA) is 64.1 Å². The zero-order valence-corrected chi connectivity index (χ0v) is 20.3. The lowest BCUT2D eigenvalue weighted by atomic mass is 9.96. The molecule has 0 aromatic heterocycles. The summed E-state index contributed by atoms with van der Waals surface area (Å²) >= 11 is 1.69. The van der Waals surface area contributed by atoms with Gasteiger partial charge in [0.25, 0.3) is 0 Å². The monoisotopic (exact) mass is 473 g/mol. The first-order chi connectivity index (χ1) is 15.4. The van der Waals surface area contributed by atoms with Gasteiger partial charge in [0, 0.05) is 63.2 Å². The van der Waals surface area contributed by atoms with Crippen LogP contribution in [0.1, 0.15) is 17.5 Å². The lowest BCUT2D eigenvalue weighted by Gasteiger charge is -2.34. The second-order valence-corrected chi connectivity index (χ2v) is 11.6. The minimum Gasteiger partial charge on any atom is -0.395 e. The van der Waals surface area contributed by atoms with E-state index in [-0.39, 0.29) is 6.61 Å². The predicted octanol–water partition coefficient (Wildman–Crippen LogP) is 2.83. The van der Waals surface area contributed by atoms with Gasteiger partial charge in [-0.15, -0.1) is 0 Å². The van der Waals surface area contributed by atoms with Gasteiger partial charge in [-0.1, -0.05) is 36.0 Å². The Balaban J connectivity index is 1.59. The number of aliphatic hydroxyl groups excluding tert-OH is 1. The van der Waals surface area contributed by atoms with E-state index in [0.717, 1.165) is 67.3 Å². The third-order valence-corrected chi connectivity index (χ3v) is 9.05. The Morgan fingerprint density at radius 2 is 1.62 bits per heavy atom. The van der Waals surface area contributed by atoms with Crippen LogP contribution < -0.4 is 0 Å². The van der Waals surface area contributed by atoms with Crippen molar-refractivity contribution in [2.24, 2.45) is 0 Å². The number of benzene rings is 2. The van der Waals surface area contributed by atoms with E-state index >= 15 is 0 Å². The Labute approximate surface area is 195 Å². The fraction of sp³-hybridized carbons (Fsp3) is 0.417. The summed E-state index contributed by atoms with van der Waals surface area (Å²) < 4.78 is 26.7. The van der Waals surface area contributed by atoms with E-state index in [1.165, 1.54) is 9.20 Å². The Bertz CT molecular complexity index is 1090. The highest BCUT2D eigenvalue weighted by atomic mass is 32.2. The van der Waals surface area contributed by atoms with E-state index < -0.39 is 10.0 Å².